The molecule has 0 N–H and O–H groups in total. The molecule has 24 heavy (non-hydrogen) atoms. The van der Waals surface area contributed by atoms with Gasteiger partial charge in [-0.25, -0.2) is 0 Å². The molecule has 0 unspecified atom stereocenters. The van der Waals surface area contributed by atoms with Gasteiger partial charge < -0.3 is 9.80 Å². The first kappa shape index (κ1) is 16.7. The summed E-state index contributed by atoms with van der Waals surface area (Å²) >= 11 is 1.41. The predicted molar refractivity (Wildman–Crippen MR) is 97.9 cm³/mol. The van der Waals surface area contributed by atoms with Crippen LogP contribution in [0.2, 0.25) is 0 Å². The van der Waals surface area contributed by atoms with Gasteiger partial charge in [0.05, 0.1) is 16.1 Å². The Labute approximate surface area is 146 Å². The number of likely N-dealkylation sites (tertiary alicyclic amines) is 1. The van der Waals surface area contributed by atoms with Crippen molar-refractivity contribution in [1.29, 1.82) is 0 Å². The Morgan fingerprint density at radius 1 is 1.00 bits per heavy atom. The van der Waals surface area contributed by atoms with Crippen LogP contribution < -0.4 is 4.90 Å². The highest BCUT2D eigenvalue weighted by atomic mass is 32.1. The van der Waals surface area contributed by atoms with Crippen LogP contribution >= 0.6 is 11.3 Å². The van der Waals surface area contributed by atoms with Gasteiger partial charge >= 0.3 is 0 Å². The number of amides is 2. The van der Waals surface area contributed by atoms with Gasteiger partial charge in [-0.2, -0.15) is 0 Å². The summed E-state index contributed by atoms with van der Waals surface area (Å²) in [5, 5.41) is 1.88. The summed E-state index contributed by atoms with van der Waals surface area (Å²) in [5.74, 6) is -0.0561. The summed E-state index contributed by atoms with van der Waals surface area (Å²) in [6.07, 6.45) is 4.47. The summed E-state index contributed by atoms with van der Waals surface area (Å²) < 4.78 is 0. The fourth-order valence-corrected chi connectivity index (χ4v) is 3.76. The van der Waals surface area contributed by atoms with Gasteiger partial charge in [0.25, 0.3) is 11.8 Å². The van der Waals surface area contributed by atoms with Crippen molar-refractivity contribution in [2.24, 2.45) is 0 Å². The van der Waals surface area contributed by atoms with Gasteiger partial charge in [-0.15, -0.1) is 11.3 Å². The van der Waals surface area contributed by atoms with Crippen LogP contribution in [0.4, 0.5) is 5.69 Å². The van der Waals surface area contributed by atoms with Gasteiger partial charge in [0, 0.05) is 20.1 Å². The number of nitrogens with zero attached hydrogens (tertiary/aromatic N) is 2. The van der Waals surface area contributed by atoms with Gasteiger partial charge in [0.2, 0.25) is 0 Å². The highest BCUT2D eigenvalue weighted by Crippen LogP contribution is 2.25. The Hall–Kier alpha value is -2.14. The molecule has 1 saturated heterocycles. The van der Waals surface area contributed by atoms with Crippen LogP contribution in [0.15, 0.2) is 41.8 Å². The molecule has 3 rings (SSSR count). The molecule has 0 spiro atoms. The van der Waals surface area contributed by atoms with E-state index in [1.54, 1.807) is 11.9 Å². The lowest BCUT2D eigenvalue weighted by Gasteiger charge is -2.24. The number of rotatable bonds is 3. The van der Waals surface area contributed by atoms with E-state index in [0.29, 0.717) is 16.1 Å². The second kappa shape index (κ2) is 7.62. The van der Waals surface area contributed by atoms with Crippen LogP contribution in [0.3, 0.4) is 0 Å². The van der Waals surface area contributed by atoms with Crippen LogP contribution in [0.1, 0.15) is 45.7 Å². The lowest BCUT2D eigenvalue weighted by atomic mass is 10.1. The van der Waals surface area contributed by atoms with E-state index < -0.39 is 0 Å². The highest BCUT2D eigenvalue weighted by Gasteiger charge is 2.23. The fraction of sp³-hybridized carbons (Fsp3) is 0.368. The molecular weight excluding hydrogens is 320 g/mol. The van der Waals surface area contributed by atoms with Gasteiger partial charge in [0.1, 0.15) is 0 Å². The molecule has 1 aliphatic rings. The smallest absolute Gasteiger partial charge is 0.268 e. The molecule has 0 atom stereocenters. The monoisotopic (exact) mass is 342 g/mol. The predicted octanol–water partition coefficient (Wildman–Crippen LogP) is 4.04. The van der Waals surface area contributed by atoms with Crippen LogP contribution in [0, 0.1) is 0 Å². The number of hydrogen-bond acceptors (Lipinski definition) is 3. The molecule has 0 bridgehead atoms. The molecule has 1 aliphatic heterocycles. The third-order valence-corrected chi connectivity index (χ3v) is 5.28. The average Bonchev–Trinajstić information content (AvgIpc) is 3.02. The number of hydrogen-bond donors (Lipinski definition) is 0. The van der Waals surface area contributed by atoms with E-state index in [2.05, 4.69) is 0 Å². The Morgan fingerprint density at radius 3 is 2.38 bits per heavy atom. The van der Waals surface area contributed by atoms with E-state index in [1.807, 2.05) is 46.7 Å². The molecule has 0 saturated carbocycles. The number of benzene rings is 1. The van der Waals surface area contributed by atoms with E-state index in [9.17, 15) is 9.59 Å². The number of anilines is 1. The van der Waals surface area contributed by atoms with Gasteiger partial charge in [-0.05, 0) is 36.4 Å². The lowest BCUT2D eigenvalue weighted by molar-refractivity contribution is 0.0762. The Morgan fingerprint density at radius 2 is 1.71 bits per heavy atom. The van der Waals surface area contributed by atoms with E-state index in [1.165, 1.54) is 24.2 Å². The fourth-order valence-electron chi connectivity index (χ4n) is 3.07. The molecule has 2 amide bonds. The average molecular weight is 342 g/mol. The van der Waals surface area contributed by atoms with Gasteiger partial charge in [-0.1, -0.05) is 31.0 Å². The molecule has 2 aromatic rings. The molecule has 1 aromatic heterocycles. The van der Waals surface area contributed by atoms with Crippen molar-refractivity contribution in [3.8, 4) is 0 Å². The molecule has 1 aromatic carbocycles. The number of carbonyl (C=O) groups is 2. The van der Waals surface area contributed by atoms with Crippen molar-refractivity contribution in [2.75, 3.05) is 25.0 Å². The minimum Gasteiger partial charge on any atom is -0.339 e. The quantitative estimate of drug-likeness (QED) is 0.844. The summed E-state index contributed by atoms with van der Waals surface area (Å²) in [4.78, 5) is 29.8. The van der Waals surface area contributed by atoms with Crippen molar-refractivity contribution in [1.82, 2.24) is 4.90 Å². The maximum absolute atomic E-state index is 13.0. The first-order valence-corrected chi connectivity index (χ1v) is 9.26. The molecule has 0 aliphatic carbocycles. The minimum absolute atomic E-state index is 0.0262. The molecular formula is C19H22N2O2S. The third-order valence-electron chi connectivity index (χ3n) is 4.43. The summed E-state index contributed by atoms with van der Waals surface area (Å²) in [7, 11) is 1.73. The largest absolute Gasteiger partial charge is 0.339 e. The minimum atomic E-state index is -0.0823. The van der Waals surface area contributed by atoms with Crippen LogP contribution in [0.5, 0.6) is 0 Å². The van der Waals surface area contributed by atoms with E-state index in [0.717, 1.165) is 25.9 Å². The standard InChI is InChI=1S/C19H22N2O2S/c1-20(19(23)17-11-8-14-24-17)16-10-5-4-9-15(16)18(22)21-12-6-2-3-7-13-21/h4-5,8-11,14H,2-3,6-7,12-13H2,1H3. The summed E-state index contributed by atoms with van der Waals surface area (Å²) in [6, 6.07) is 11.1. The number of carbonyl (C=O) groups excluding carboxylic acids is 2. The molecule has 0 radical (unpaired) electrons. The maximum Gasteiger partial charge on any atom is 0.268 e. The Balaban J connectivity index is 1.87. The zero-order chi connectivity index (χ0) is 16.9. The third kappa shape index (κ3) is 3.51. The summed E-state index contributed by atoms with van der Waals surface area (Å²) in [5.41, 5.74) is 1.27. The van der Waals surface area contributed by atoms with E-state index in [-0.39, 0.29) is 11.8 Å². The first-order chi connectivity index (χ1) is 11.7. The molecule has 1 fully saturated rings. The van der Waals surface area contributed by atoms with E-state index in [4.69, 9.17) is 0 Å². The SMILES string of the molecule is CN(C(=O)c1cccs1)c1ccccc1C(=O)N1CCCCCC1. The zero-order valence-corrected chi connectivity index (χ0v) is 14.7. The highest BCUT2D eigenvalue weighted by molar-refractivity contribution is 7.12. The van der Waals surface area contributed by atoms with Crippen LogP contribution in [-0.4, -0.2) is 36.9 Å². The van der Waals surface area contributed by atoms with Crippen LogP contribution in [-0.2, 0) is 0 Å². The lowest BCUT2D eigenvalue weighted by Crippen LogP contribution is -2.34. The van der Waals surface area contributed by atoms with Crippen LogP contribution in [0.25, 0.3) is 0 Å². The van der Waals surface area contributed by atoms with Crippen molar-refractivity contribution < 1.29 is 9.59 Å². The summed E-state index contributed by atoms with van der Waals surface area (Å²) in [6.45, 7) is 1.60. The Bertz CT molecular complexity index is 704. The van der Waals surface area contributed by atoms with Crippen molar-refractivity contribution in [2.45, 2.75) is 25.7 Å². The normalized spacial score (nSPS) is 15.0. The molecule has 2 heterocycles. The van der Waals surface area contributed by atoms with E-state index >= 15 is 0 Å². The molecule has 5 heteroatoms. The second-order valence-corrected chi connectivity index (χ2v) is 7.01. The number of thiophene rings is 1. The topological polar surface area (TPSA) is 40.6 Å². The zero-order valence-electron chi connectivity index (χ0n) is 13.9. The number of para-hydroxylation sites is 1. The first-order valence-electron chi connectivity index (χ1n) is 8.38. The second-order valence-electron chi connectivity index (χ2n) is 6.07. The Kier molecular flexibility index (Phi) is 5.30. The molecule has 126 valence electrons. The van der Waals surface area contributed by atoms with Crippen molar-refractivity contribution in [3.63, 3.8) is 0 Å². The maximum atomic E-state index is 13.0. The van der Waals surface area contributed by atoms with Crippen molar-refractivity contribution in [3.05, 3.63) is 52.2 Å². The van der Waals surface area contributed by atoms with Crippen molar-refractivity contribution >= 4 is 28.8 Å². The van der Waals surface area contributed by atoms with Gasteiger partial charge in [-0.3, -0.25) is 9.59 Å². The van der Waals surface area contributed by atoms with Gasteiger partial charge in [0.15, 0.2) is 0 Å². The molecule has 4 nitrogen and oxygen atoms in total.